The van der Waals surface area contributed by atoms with Crippen molar-refractivity contribution in [3.8, 4) is 0 Å². The molecule has 0 aliphatic rings. The highest BCUT2D eigenvalue weighted by Gasteiger charge is 2.11. The third kappa shape index (κ3) is 3.86. The molecule has 2 N–H and O–H groups in total. The lowest BCUT2D eigenvalue weighted by atomic mass is 10.3. The molecule has 0 saturated carbocycles. The second-order valence-electron chi connectivity index (χ2n) is 4.91. The van der Waals surface area contributed by atoms with Crippen molar-refractivity contribution in [2.75, 3.05) is 11.9 Å². The summed E-state index contributed by atoms with van der Waals surface area (Å²) in [6, 6.07) is 10.5. The van der Waals surface area contributed by atoms with E-state index in [0.29, 0.717) is 16.7 Å². The largest absolute Gasteiger partial charge is 0.349 e. The number of anilines is 1. The van der Waals surface area contributed by atoms with Crippen LogP contribution in [0.3, 0.4) is 0 Å². The predicted molar refractivity (Wildman–Crippen MR) is 87.1 cm³/mol. The highest BCUT2D eigenvalue weighted by molar-refractivity contribution is 5.93. The monoisotopic (exact) mass is 322 g/mol. The van der Waals surface area contributed by atoms with Gasteiger partial charge >= 0.3 is 0 Å². The summed E-state index contributed by atoms with van der Waals surface area (Å²) in [5.74, 6) is -0.702. The first-order valence-corrected chi connectivity index (χ1v) is 7.30. The molecule has 3 rings (SSSR count). The normalized spacial score (nSPS) is 10.3. The summed E-state index contributed by atoms with van der Waals surface area (Å²) in [5.41, 5.74) is 1.86. The van der Waals surface area contributed by atoms with Crippen molar-refractivity contribution < 1.29 is 9.59 Å². The van der Waals surface area contributed by atoms with Crippen LogP contribution in [0.5, 0.6) is 0 Å². The minimum absolute atomic E-state index is 0.0248. The Morgan fingerprint density at radius 1 is 0.958 bits per heavy atom. The molecule has 3 aromatic rings. The van der Waals surface area contributed by atoms with E-state index in [1.54, 1.807) is 36.7 Å². The third-order valence-electron chi connectivity index (χ3n) is 3.17. The molecule has 1 aromatic carbocycles. The number of fused-ring (bicyclic) bond motifs is 1. The number of pyridine rings is 1. The van der Waals surface area contributed by atoms with Gasteiger partial charge in [-0.1, -0.05) is 12.1 Å². The van der Waals surface area contributed by atoms with E-state index >= 15 is 0 Å². The van der Waals surface area contributed by atoms with Crippen molar-refractivity contribution in [1.29, 1.82) is 0 Å². The second-order valence-corrected chi connectivity index (χ2v) is 4.91. The molecule has 24 heavy (non-hydrogen) atoms. The zero-order valence-corrected chi connectivity index (χ0v) is 12.6. The zero-order chi connectivity index (χ0) is 16.8. The van der Waals surface area contributed by atoms with Crippen molar-refractivity contribution in [3.05, 3.63) is 54.6 Å². The summed E-state index contributed by atoms with van der Waals surface area (Å²) in [6.45, 7) is 0.173. The first kappa shape index (κ1) is 15.5. The van der Waals surface area contributed by atoms with Crippen LogP contribution >= 0.6 is 0 Å². The number of aromatic nitrogens is 4. The summed E-state index contributed by atoms with van der Waals surface area (Å²) in [5, 5.41) is 13.0. The molecule has 0 aliphatic carbocycles. The molecular formula is C16H14N6O2. The van der Waals surface area contributed by atoms with E-state index < -0.39 is 5.91 Å². The molecule has 8 nitrogen and oxygen atoms in total. The molecule has 0 saturated heterocycles. The fourth-order valence-electron chi connectivity index (χ4n) is 2.00. The van der Waals surface area contributed by atoms with E-state index in [-0.39, 0.29) is 24.7 Å². The third-order valence-corrected chi connectivity index (χ3v) is 3.17. The Balaban J connectivity index is 1.52. The molecule has 0 spiro atoms. The quantitative estimate of drug-likeness (QED) is 0.730. The van der Waals surface area contributed by atoms with Crippen LogP contribution in [0.25, 0.3) is 11.0 Å². The molecule has 2 heterocycles. The van der Waals surface area contributed by atoms with Gasteiger partial charge in [0, 0.05) is 31.0 Å². The lowest BCUT2D eigenvalue weighted by Gasteiger charge is -2.06. The molecule has 0 fully saturated rings. The fourth-order valence-corrected chi connectivity index (χ4v) is 2.00. The predicted octanol–water partition coefficient (Wildman–Crippen LogP) is 1.18. The number of carbonyl (C=O) groups excluding carboxylic acids is 2. The first-order valence-electron chi connectivity index (χ1n) is 7.30. The zero-order valence-electron chi connectivity index (χ0n) is 12.6. The molecule has 2 amide bonds. The van der Waals surface area contributed by atoms with Gasteiger partial charge in [-0.15, -0.1) is 10.2 Å². The van der Waals surface area contributed by atoms with Crippen LogP contribution in [0.15, 0.2) is 48.8 Å². The summed E-state index contributed by atoms with van der Waals surface area (Å²) in [6.07, 6.45) is 3.30. The molecule has 0 bridgehead atoms. The first-order chi connectivity index (χ1) is 11.7. The maximum Gasteiger partial charge on any atom is 0.291 e. The second kappa shape index (κ2) is 7.23. The van der Waals surface area contributed by atoms with E-state index in [1.807, 2.05) is 12.1 Å². The lowest BCUT2D eigenvalue weighted by Crippen LogP contribution is -2.29. The Hall–Kier alpha value is -3.42. The van der Waals surface area contributed by atoms with Crippen LogP contribution in [0.4, 0.5) is 5.69 Å². The molecular weight excluding hydrogens is 308 g/mol. The van der Waals surface area contributed by atoms with Gasteiger partial charge in [-0.3, -0.25) is 14.6 Å². The average molecular weight is 322 g/mol. The summed E-state index contributed by atoms with van der Waals surface area (Å²) in [4.78, 5) is 31.8. The number of para-hydroxylation sites is 1. The van der Waals surface area contributed by atoms with E-state index in [1.165, 1.54) is 0 Å². The number of amides is 2. The molecule has 2 aromatic heterocycles. The van der Waals surface area contributed by atoms with E-state index in [2.05, 4.69) is 30.8 Å². The van der Waals surface area contributed by atoms with Gasteiger partial charge in [-0.05, 0) is 24.3 Å². The van der Waals surface area contributed by atoms with E-state index in [9.17, 15) is 9.59 Å². The summed E-state index contributed by atoms with van der Waals surface area (Å²) < 4.78 is 0. The fraction of sp³-hybridized carbons (Fsp3) is 0.125. The van der Waals surface area contributed by atoms with Crippen LogP contribution in [-0.2, 0) is 4.79 Å². The maximum atomic E-state index is 12.0. The van der Waals surface area contributed by atoms with Gasteiger partial charge in [0.25, 0.3) is 5.91 Å². The Labute approximate surface area is 137 Å². The van der Waals surface area contributed by atoms with Crippen LogP contribution in [0.1, 0.15) is 17.0 Å². The van der Waals surface area contributed by atoms with Gasteiger partial charge in [0.05, 0.1) is 5.52 Å². The van der Waals surface area contributed by atoms with Crippen LogP contribution < -0.4 is 10.6 Å². The highest BCUT2D eigenvalue weighted by Crippen LogP contribution is 2.06. The van der Waals surface area contributed by atoms with Gasteiger partial charge in [-0.25, -0.2) is 4.98 Å². The average Bonchev–Trinajstić information content (AvgIpc) is 2.62. The Morgan fingerprint density at radius 2 is 1.71 bits per heavy atom. The topological polar surface area (TPSA) is 110 Å². The standard InChI is InChI=1S/C16H14N6O2/c23-14(19-11-5-8-17-9-6-11)7-10-18-16(24)15-20-12-3-1-2-4-13(12)21-22-15/h1-6,8-9H,7,10H2,(H,18,24)(H,17,19,23). The van der Waals surface area contributed by atoms with Crippen molar-refractivity contribution in [2.45, 2.75) is 6.42 Å². The van der Waals surface area contributed by atoms with Crippen molar-refractivity contribution in [2.24, 2.45) is 0 Å². The molecule has 120 valence electrons. The van der Waals surface area contributed by atoms with Crippen molar-refractivity contribution in [3.63, 3.8) is 0 Å². The Morgan fingerprint density at radius 3 is 2.50 bits per heavy atom. The van der Waals surface area contributed by atoms with Crippen molar-refractivity contribution in [1.82, 2.24) is 25.5 Å². The number of benzene rings is 1. The molecule has 0 aliphatic heterocycles. The minimum atomic E-state index is -0.468. The molecule has 8 heteroatoms. The maximum absolute atomic E-state index is 12.0. The summed E-state index contributed by atoms with van der Waals surface area (Å²) in [7, 11) is 0. The number of carbonyl (C=O) groups is 2. The van der Waals surface area contributed by atoms with Crippen molar-refractivity contribution >= 4 is 28.5 Å². The molecule has 0 radical (unpaired) electrons. The minimum Gasteiger partial charge on any atom is -0.349 e. The molecule has 0 atom stereocenters. The van der Waals surface area contributed by atoms with Gasteiger partial charge in [0.15, 0.2) is 0 Å². The Kier molecular flexibility index (Phi) is 4.66. The van der Waals surface area contributed by atoms with Gasteiger partial charge in [0.2, 0.25) is 11.7 Å². The van der Waals surface area contributed by atoms with Crippen LogP contribution in [0, 0.1) is 0 Å². The van der Waals surface area contributed by atoms with Gasteiger partial charge < -0.3 is 10.6 Å². The highest BCUT2D eigenvalue weighted by atomic mass is 16.2. The van der Waals surface area contributed by atoms with Crippen LogP contribution in [0.2, 0.25) is 0 Å². The Bertz CT molecular complexity index is 869. The summed E-state index contributed by atoms with van der Waals surface area (Å²) >= 11 is 0. The number of hydrogen-bond acceptors (Lipinski definition) is 6. The van der Waals surface area contributed by atoms with Gasteiger partial charge in [-0.2, -0.15) is 0 Å². The number of hydrogen-bond donors (Lipinski definition) is 2. The van der Waals surface area contributed by atoms with Gasteiger partial charge in [0.1, 0.15) is 5.52 Å². The van der Waals surface area contributed by atoms with E-state index in [4.69, 9.17) is 0 Å². The lowest BCUT2D eigenvalue weighted by molar-refractivity contribution is -0.116. The molecule has 0 unspecified atom stereocenters. The number of nitrogens with zero attached hydrogens (tertiary/aromatic N) is 4. The SMILES string of the molecule is O=C(CCNC(=O)c1nnc2ccccc2n1)Nc1ccncc1. The van der Waals surface area contributed by atoms with Crippen LogP contribution in [-0.4, -0.2) is 38.5 Å². The smallest absolute Gasteiger partial charge is 0.291 e. The van der Waals surface area contributed by atoms with E-state index in [0.717, 1.165) is 0 Å². The number of nitrogens with one attached hydrogen (secondary N) is 2. The number of rotatable bonds is 5.